The number of thiophene rings is 1. The molecule has 0 saturated carbocycles. The van der Waals surface area contributed by atoms with Gasteiger partial charge < -0.3 is 4.57 Å². The SMILES string of the molecule is c1ccc(-c2nc(-n3c4ccccc4c4c5c(ccc43)sc3ccc4c(c6ccccc6n4-c4ccccc4)c35)nc3ccccc23)cc1. The summed E-state index contributed by atoms with van der Waals surface area (Å²) in [5.74, 6) is 0.675. The largest absolute Gasteiger partial charge is 0.309 e. The van der Waals surface area contributed by atoms with Crippen molar-refractivity contribution in [3.05, 3.63) is 158 Å². The van der Waals surface area contributed by atoms with Crippen LogP contribution < -0.4 is 0 Å². The topological polar surface area (TPSA) is 35.6 Å². The number of nitrogens with zero attached hydrogens (tertiary/aromatic N) is 4. The standard InChI is InChI=1S/C44H26N4S/c1-3-13-27(14-4-1)43-29-17-7-10-20-32(29)45-44(46-43)48-34-22-12-9-19-31(34)40-36(48)24-26-38-42(40)41-37(49-38)25-23-35-39(41)30-18-8-11-21-33(30)47(35)28-15-5-2-6-16-28/h1-26H. The fourth-order valence-electron chi connectivity index (χ4n) is 7.92. The van der Waals surface area contributed by atoms with Crippen molar-refractivity contribution in [1.29, 1.82) is 0 Å². The molecule has 0 atom stereocenters. The predicted octanol–water partition coefficient (Wildman–Crippen LogP) is 11.9. The molecule has 7 aromatic carbocycles. The van der Waals surface area contributed by atoms with Gasteiger partial charge in [-0.15, -0.1) is 11.3 Å². The number of hydrogen-bond donors (Lipinski definition) is 0. The van der Waals surface area contributed by atoms with Gasteiger partial charge in [0.25, 0.3) is 0 Å². The first kappa shape index (κ1) is 26.7. The number of aromatic nitrogens is 4. The van der Waals surface area contributed by atoms with Crippen LogP contribution in [0, 0.1) is 0 Å². The van der Waals surface area contributed by atoms with Crippen LogP contribution in [0.5, 0.6) is 0 Å². The van der Waals surface area contributed by atoms with Gasteiger partial charge in [-0.2, -0.15) is 0 Å². The van der Waals surface area contributed by atoms with Crippen LogP contribution in [-0.2, 0) is 0 Å². The average Bonchev–Trinajstić information content (AvgIpc) is 3.82. The first-order valence-corrected chi connectivity index (χ1v) is 17.3. The van der Waals surface area contributed by atoms with Gasteiger partial charge in [0, 0.05) is 58.4 Å². The summed E-state index contributed by atoms with van der Waals surface area (Å²) in [5, 5.41) is 8.63. The van der Waals surface area contributed by atoms with E-state index in [9.17, 15) is 0 Å². The van der Waals surface area contributed by atoms with Crippen LogP contribution in [0.1, 0.15) is 0 Å². The van der Waals surface area contributed by atoms with E-state index in [0.717, 1.165) is 38.9 Å². The van der Waals surface area contributed by atoms with E-state index in [2.05, 4.69) is 161 Å². The Morgan fingerprint density at radius 3 is 1.59 bits per heavy atom. The molecular formula is C44H26N4S. The molecule has 49 heavy (non-hydrogen) atoms. The lowest BCUT2D eigenvalue weighted by Crippen LogP contribution is -2.03. The van der Waals surface area contributed by atoms with Crippen molar-refractivity contribution in [2.45, 2.75) is 0 Å². The highest BCUT2D eigenvalue weighted by atomic mass is 32.1. The van der Waals surface area contributed by atoms with E-state index in [0.29, 0.717) is 5.95 Å². The molecular weight excluding hydrogens is 617 g/mol. The molecule has 11 aromatic rings. The molecule has 0 unspecified atom stereocenters. The summed E-state index contributed by atoms with van der Waals surface area (Å²) in [6, 6.07) is 56.2. The fourth-order valence-corrected chi connectivity index (χ4v) is 9.04. The van der Waals surface area contributed by atoms with Crippen LogP contribution in [0.15, 0.2) is 158 Å². The van der Waals surface area contributed by atoms with E-state index < -0.39 is 0 Å². The Bertz CT molecular complexity index is 3100. The van der Waals surface area contributed by atoms with Crippen molar-refractivity contribution >= 4 is 86.0 Å². The molecule has 11 rings (SSSR count). The molecule has 4 heterocycles. The quantitative estimate of drug-likeness (QED) is 0.192. The molecule has 0 aliphatic heterocycles. The number of rotatable bonds is 3. The molecule has 0 bridgehead atoms. The zero-order valence-corrected chi connectivity index (χ0v) is 27.0. The second-order valence-electron chi connectivity index (χ2n) is 12.6. The number of fused-ring (bicyclic) bond motifs is 12. The van der Waals surface area contributed by atoms with E-state index >= 15 is 0 Å². The van der Waals surface area contributed by atoms with Crippen LogP contribution in [0.25, 0.3) is 97.6 Å². The lowest BCUT2D eigenvalue weighted by Gasteiger charge is -2.11. The van der Waals surface area contributed by atoms with Gasteiger partial charge in [0.15, 0.2) is 0 Å². The summed E-state index contributed by atoms with van der Waals surface area (Å²) < 4.78 is 7.24. The Kier molecular flexibility index (Phi) is 5.51. The molecule has 0 N–H and O–H groups in total. The average molecular weight is 643 g/mol. The molecule has 5 heteroatoms. The lowest BCUT2D eigenvalue weighted by atomic mass is 10.0. The maximum absolute atomic E-state index is 5.32. The molecule has 0 radical (unpaired) electrons. The Balaban J connectivity index is 1.31. The van der Waals surface area contributed by atoms with Gasteiger partial charge in [0.1, 0.15) is 0 Å². The first-order valence-electron chi connectivity index (χ1n) is 16.5. The maximum atomic E-state index is 5.32. The third-order valence-electron chi connectivity index (χ3n) is 9.92. The summed E-state index contributed by atoms with van der Waals surface area (Å²) in [4.78, 5) is 10.5. The third kappa shape index (κ3) is 3.73. The summed E-state index contributed by atoms with van der Waals surface area (Å²) in [6.45, 7) is 0. The van der Waals surface area contributed by atoms with Crippen LogP contribution >= 0.6 is 11.3 Å². The Hall–Kier alpha value is -6.30. The molecule has 4 aromatic heterocycles. The fraction of sp³-hybridized carbons (Fsp3) is 0. The molecule has 4 nitrogen and oxygen atoms in total. The van der Waals surface area contributed by atoms with Crippen molar-refractivity contribution in [3.8, 4) is 22.9 Å². The maximum Gasteiger partial charge on any atom is 0.235 e. The molecule has 0 saturated heterocycles. The number of benzene rings is 7. The van der Waals surface area contributed by atoms with Crippen molar-refractivity contribution < 1.29 is 0 Å². The van der Waals surface area contributed by atoms with Crippen molar-refractivity contribution in [3.63, 3.8) is 0 Å². The zero-order valence-electron chi connectivity index (χ0n) is 26.2. The van der Waals surface area contributed by atoms with E-state index in [4.69, 9.17) is 9.97 Å². The Labute approximate surface area is 284 Å². The van der Waals surface area contributed by atoms with Crippen LogP contribution in [0.4, 0.5) is 0 Å². The third-order valence-corrected chi connectivity index (χ3v) is 11.0. The first-order chi connectivity index (χ1) is 24.3. The summed E-state index contributed by atoms with van der Waals surface area (Å²) in [7, 11) is 0. The smallest absolute Gasteiger partial charge is 0.235 e. The van der Waals surface area contributed by atoms with Gasteiger partial charge in [-0.1, -0.05) is 103 Å². The van der Waals surface area contributed by atoms with Crippen LogP contribution in [0.3, 0.4) is 0 Å². The summed E-state index contributed by atoms with van der Waals surface area (Å²) in [5.41, 5.74) is 8.72. The molecule has 0 aliphatic carbocycles. The van der Waals surface area contributed by atoms with Crippen molar-refractivity contribution in [1.82, 2.24) is 19.1 Å². The van der Waals surface area contributed by atoms with Gasteiger partial charge >= 0.3 is 0 Å². The van der Waals surface area contributed by atoms with Gasteiger partial charge in [-0.25, -0.2) is 9.97 Å². The zero-order chi connectivity index (χ0) is 32.1. The Morgan fingerprint density at radius 1 is 0.388 bits per heavy atom. The lowest BCUT2D eigenvalue weighted by molar-refractivity contribution is 1.01. The molecule has 0 aliphatic rings. The van der Waals surface area contributed by atoms with Crippen molar-refractivity contribution in [2.75, 3.05) is 0 Å². The second kappa shape index (κ2) is 10.1. The Morgan fingerprint density at radius 2 is 0.918 bits per heavy atom. The normalized spacial score (nSPS) is 12.1. The minimum absolute atomic E-state index is 0.675. The molecule has 0 amide bonds. The van der Waals surface area contributed by atoms with Crippen LogP contribution in [0.2, 0.25) is 0 Å². The summed E-state index contributed by atoms with van der Waals surface area (Å²) >= 11 is 1.87. The highest BCUT2D eigenvalue weighted by Gasteiger charge is 2.23. The van der Waals surface area contributed by atoms with Gasteiger partial charge in [-0.3, -0.25) is 4.57 Å². The highest BCUT2D eigenvalue weighted by molar-refractivity contribution is 7.26. The predicted molar refractivity (Wildman–Crippen MR) is 207 cm³/mol. The van der Waals surface area contributed by atoms with Gasteiger partial charge in [0.2, 0.25) is 5.95 Å². The van der Waals surface area contributed by atoms with E-state index in [1.54, 1.807) is 0 Å². The van der Waals surface area contributed by atoms with Gasteiger partial charge in [-0.05, 0) is 54.6 Å². The number of para-hydroxylation sites is 4. The minimum atomic E-state index is 0.675. The van der Waals surface area contributed by atoms with Crippen molar-refractivity contribution in [2.24, 2.45) is 0 Å². The van der Waals surface area contributed by atoms with Gasteiger partial charge in [0.05, 0.1) is 33.3 Å². The monoisotopic (exact) mass is 642 g/mol. The summed E-state index contributed by atoms with van der Waals surface area (Å²) in [6.07, 6.45) is 0. The van der Waals surface area contributed by atoms with E-state index in [1.807, 2.05) is 17.4 Å². The molecule has 0 spiro atoms. The highest BCUT2D eigenvalue weighted by Crippen LogP contribution is 2.48. The van der Waals surface area contributed by atoms with E-state index in [-0.39, 0.29) is 0 Å². The van der Waals surface area contributed by atoms with E-state index in [1.165, 1.54) is 52.8 Å². The second-order valence-corrected chi connectivity index (χ2v) is 13.6. The molecule has 228 valence electrons. The minimum Gasteiger partial charge on any atom is -0.309 e. The number of hydrogen-bond acceptors (Lipinski definition) is 3. The molecule has 0 fully saturated rings. The van der Waals surface area contributed by atoms with Crippen LogP contribution in [-0.4, -0.2) is 19.1 Å².